The molecule has 0 bridgehead atoms. The van der Waals surface area contributed by atoms with Crippen LogP contribution in [0.2, 0.25) is 0 Å². The molecule has 2 heterocycles. The van der Waals surface area contributed by atoms with Gasteiger partial charge >= 0.3 is 5.69 Å². The van der Waals surface area contributed by atoms with Gasteiger partial charge in [0.2, 0.25) is 0 Å². The van der Waals surface area contributed by atoms with Gasteiger partial charge in [0.25, 0.3) is 5.56 Å². The number of nitrogens with two attached hydrogens (primary N) is 2. The van der Waals surface area contributed by atoms with Crippen molar-refractivity contribution in [2.75, 3.05) is 37.5 Å². The predicted octanol–water partition coefficient (Wildman–Crippen LogP) is 0.710. The zero-order valence-corrected chi connectivity index (χ0v) is 16.6. The highest BCUT2D eigenvalue weighted by molar-refractivity contribution is 5.87. The summed E-state index contributed by atoms with van der Waals surface area (Å²) in [6, 6.07) is 4.02. The van der Waals surface area contributed by atoms with Gasteiger partial charge in [0, 0.05) is 44.6 Å². The molecule has 1 aromatic heterocycles. The van der Waals surface area contributed by atoms with E-state index in [0.717, 1.165) is 60.2 Å². The van der Waals surface area contributed by atoms with E-state index in [2.05, 4.69) is 4.90 Å². The Hall–Kier alpha value is -2.32. The van der Waals surface area contributed by atoms with E-state index in [0.29, 0.717) is 17.9 Å². The molecule has 0 amide bonds. The molecule has 4 N–H and O–H groups in total. The Morgan fingerprint density at radius 1 is 1.25 bits per heavy atom. The normalized spacial score (nSPS) is 20.8. The Balaban J connectivity index is 1.73. The van der Waals surface area contributed by atoms with Crippen LogP contribution in [0.15, 0.2) is 21.7 Å². The minimum absolute atomic E-state index is 0.111. The summed E-state index contributed by atoms with van der Waals surface area (Å²) in [5.74, 6) is 6.16. The summed E-state index contributed by atoms with van der Waals surface area (Å²) in [6.45, 7) is 4.46. The fraction of sp³-hybridized carbons (Fsp3) is 0.600. The molecule has 2 atom stereocenters. The third-order valence-corrected chi connectivity index (χ3v) is 6.24. The number of aryl methyl sites for hydroxylation is 1. The number of fused-ring (bicyclic) bond motifs is 1. The SMILES string of the molecule is COCC[C@@H](N)[C@H]1CCN(c2ccc3c(=O)n(N)c(=O)n(C4CC4)c3c2C)C1. The highest BCUT2D eigenvalue weighted by Crippen LogP contribution is 2.38. The first-order valence-corrected chi connectivity index (χ1v) is 9.99. The van der Waals surface area contributed by atoms with Gasteiger partial charge in [-0.05, 0) is 56.2 Å². The molecule has 152 valence electrons. The van der Waals surface area contributed by atoms with E-state index < -0.39 is 11.2 Å². The number of methoxy groups -OCH3 is 1. The topological polar surface area (TPSA) is 109 Å². The van der Waals surface area contributed by atoms with Gasteiger partial charge in [-0.1, -0.05) is 0 Å². The number of benzene rings is 1. The molecule has 0 radical (unpaired) electrons. The number of anilines is 1. The maximum atomic E-state index is 12.7. The second-order valence-corrected chi connectivity index (χ2v) is 8.10. The first kappa shape index (κ1) is 19.0. The quantitative estimate of drug-likeness (QED) is 0.707. The lowest BCUT2D eigenvalue weighted by Gasteiger charge is -2.24. The van der Waals surface area contributed by atoms with Crippen molar-refractivity contribution in [1.29, 1.82) is 0 Å². The second kappa shape index (κ2) is 7.25. The minimum atomic E-state index is -0.438. The molecule has 4 rings (SSSR count). The fourth-order valence-corrected chi connectivity index (χ4v) is 4.46. The van der Waals surface area contributed by atoms with Crippen molar-refractivity contribution in [1.82, 2.24) is 9.24 Å². The minimum Gasteiger partial charge on any atom is -0.385 e. The summed E-state index contributed by atoms with van der Waals surface area (Å²) >= 11 is 0. The molecule has 2 aliphatic rings. The zero-order chi connectivity index (χ0) is 20.0. The van der Waals surface area contributed by atoms with Crippen LogP contribution in [0.5, 0.6) is 0 Å². The largest absolute Gasteiger partial charge is 0.385 e. The summed E-state index contributed by atoms with van der Waals surface area (Å²) in [6.07, 6.45) is 3.76. The number of aromatic nitrogens is 2. The Bertz CT molecular complexity index is 1010. The van der Waals surface area contributed by atoms with Gasteiger partial charge in [-0.3, -0.25) is 9.36 Å². The van der Waals surface area contributed by atoms with Crippen molar-refractivity contribution >= 4 is 16.6 Å². The van der Waals surface area contributed by atoms with Gasteiger partial charge in [0.1, 0.15) is 0 Å². The van der Waals surface area contributed by atoms with E-state index in [-0.39, 0.29) is 12.1 Å². The molecule has 28 heavy (non-hydrogen) atoms. The molecule has 1 aliphatic heterocycles. The van der Waals surface area contributed by atoms with Crippen LogP contribution in [0.1, 0.15) is 37.3 Å². The molecule has 0 unspecified atom stereocenters. The molecule has 1 saturated heterocycles. The van der Waals surface area contributed by atoms with Crippen molar-refractivity contribution in [2.45, 2.75) is 44.7 Å². The van der Waals surface area contributed by atoms with Gasteiger partial charge < -0.3 is 21.2 Å². The van der Waals surface area contributed by atoms with Crippen molar-refractivity contribution in [3.63, 3.8) is 0 Å². The Morgan fingerprint density at radius 3 is 2.68 bits per heavy atom. The van der Waals surface area contributed by atoms with E-state index >= 15 is 0 Å². The fourth-order valence-electron chi connectivity index (χ4n) is 4.46. The van der Waals surface area contributed by atoms with E-state index in [1.807, 2.05) is 13.0 Å². The lowest BCUT2D eigenvalue weighted by Crippen LogP contribution is -2.44. The van der Waals surface area contributed by atoms with E-state index in [1.165, 1.54) is 0 Å². The molecule has 8 nitrogen and oxygen atoms in total. The number of hydrogen-bond acceptors (Lipinski definition) is 6. The first-order valence-electron chi connectivity index (χ1n) is 9.99. The summed E-state index contributed by atoms with van der Waals surface area (Å²) in [4.78, 5) is 27.5. The molecule has 0 spiro atoms. The molecule has 8 heteroatoms. The van der Waals surface area contributed by atoms with Crippen LogP contribution in [-0.4, -0.2) is 42.1 Å². The molecule has 1 aromatic carbocycles. The van der Waals surface area contributed by atoms with Gasteiger partial charge in [0.15, 0.2) is 0 Å². The first-order chi connectivity index (χ1) is 13.4. The van der Waals surface area contributed by atoms with Crippen LogP contribution in [-0.2, 0) is 4.74 Å². The number of rotatable bonds is 6. The Morgan fingerprint density at radius 2 is 2.00 bits per heavy atom. The standard InChI is InChI=1S/C20H29N5O3/c1-12-17(23-9-7-13(11-23)16(21)8-10-28-2)6-5-15-18(12)24(14-3-4-14)20(27)25(22)19(15)26/h5-6,13-14,16H,3-4,7-11,21-22H2,1-2H3/t13-,16+/m0/s1. The maximum Gasteiger partial charge on any atom is 0.350 e. The summed E-state index contributed by atoms with van der Waals surface area (Å²) < 4.78 is 7.61. The van der Waals surface area contributed by atoms with Crippen LogP contribution in [0.4, 0.5) is 5.69 Å². The lowest BCUT2D eigenvalue weighted by molar-refractivity contribution is 0.180. The molecular formula is C20H29N5O3. The predicted molar refractivity (Wildman–Crippen MR) is 110 cm³/mol. The number of nitrogen functional groups attached to an aromatic ring is 1. The van der Waals surface area contributed by atoms with Crippen molar-refractivity contribution in [3.05, 3.63) is 38.5 Å². The highest BCUT2D eigenvalue weighted by Gasteiger charge is 2.31. The molecular weight excluding hydrogens is 358 g/mol. The van der Waals surface area contributed by atoms with Gasteiger partial charge in [-0.2, -0.15) is 4.68 Å². The lowest BCUT2D eigenvalue weighted by atomic mass is 9.97. The van der Waals surface area contributed by atoms with Crippen LogP contribution in [0.25, 0.3) is 10.9 Å². The highest BCUT2D eigenvalue weighted by atomic mass is 16.5. The third kappa shape index (κ3) is 3.10. The van der Waals surface area contributed by atoms with Gasteiger partial charge in [-0.15, -0.1) is 0 Å². The van der Waals surface area contributed by atoms with Crippen molar-refractivity contribution < 1.29 is 4.74 Å². The number of ether oxygens (including phenoxy) is 1. The number of hydrogen-bond donors (Lipinski definition) is 2. The van der Waals surface area contributed by atoms with Gasteiger partial charge in [0.05, 0.1) is 10.9 Å². The Labute approximate surface area is 163 Å². The van der Waals surface area contributed by atoms with Gasteiger partial charge in [-0.25, -0.2) is 4.79 Å². The molecule has 2 fully saturated rings. The summed E-state index contributed by atoms with van der Waals surface area (Å²) in [5, 5.41) is 0.503. The average Bonchev–Trinajstić information content (AvgIpc) is 3.40. The number of nitrogens with zero attached hydrogens (tertiary/aromatic N) is 3. The van der Waals surface area contributed by atoms with Crippen molar-refractivity contribution in [2.24, 2.45) is 11.7 Å². The second-order valence-electron chi connectivity index (χ2n) is 8.10. The Kier molecular flexibility index (Phi) is 4.93. The summed E-state index contributed by atoms with van der Waals surface area (Å²) in [7, 11) is 1.70. The van der Waals surface area contributed by atoms with Crippen LogP contribution < -0.4 is 27.7 Å². The van der Waals surface area contributed by atoms with Crippen LogP contribution in [0.3, 0.4) is 0 Å². The molecule has 1 saturated carbocycles. The smallest absolute Gasteiger partial charge is 0.350 e. The molecule has 1 aliphatic carbocycles. The van der Waals surface area contributed by atoms with Crippen LogP contribution in [0, 0.1) is 12.8 Å². The van der Waals surface area contributed by atoms with E-state index in [1.54, 1.807) is 17.7 Å². The average molecular weight is 387 g/mol. The summed E-state index contributed by atoms with van der Waals surface area (Å²) in [5.41, 5.74) is 8.24. The monoisotopic (exact) mass is 387 g/mol. The van der Waals surface area contributed by atoms with Crippen LogP contribution >= 0.6 is 0 Å². The molecule has 2 aromatic rings. The van der Waals surface area contributed by atoms with E-state index in [9.17, 15) is 9.59 Å². The van der Waals surface area contributed by atoms with E-state index in [4.69, 9.17) is 16.3 Å². The van der Waals surface area contributed by atoms with Crippen molar-refractivity contribution in [3.8, 4) is 0 Å². The third-order valence-electron chi connectivity index (χ3n) is 6.24. The maximum absolute atomic E-state index is 12.7. The zero-order valence-electron chi connectivity index (χ0n) is 16.6.